The second-order valence-electron chi connectivity index (χ2n) is 6.19. The number of carbonyl (C=O) groups is 2. The maximum absolute atomic E-state index is 13.5. The van der Waals surface area contributed by atoms with Crippen molar-refractivity contribution in [3.63, 3.8) is 0 Å². The van der Waals surface area contributed by atoms with Gasteiger partial charge in [0.25, 0.3) is 0 Å². The number of furan rings is 1. The van der Waals surface area contributed by atoms with Crippen LogP contribution in [0.4, 0.5) is 9.18 Å². The van der Waals surface area contributed by atoms with Crippen molar-refractivity contribution in [3.8, 4) is 0 Å². The number of hydrogen-bond donors (Lipinski definition) is 2. The van der Waals surface area contributed by atoms with E-state index in [0.717, 1.165) is 6.07 Å². The second kappa shape index (κ2) is 5.91. The molecule has 1 unspecified atom stereocenters. The van der Waals surface area contributed by atoms with Gasteiger partial charge in [0.15, 0.2) is 0 Å². The molecule has 1 aromatic heterocycles. The lowest BCUT2D eigenvalue weighted by molar-refractivity contribution is 0.0501. The van der Waals surface area contributed by atoms with E-state index in [4.69, 9.17) is 14.3 Å². The van der Waals surface area contributed by atoms with Crippen molar-refractivity contribution in [2.45, 2.75) is 39.3 Å². The average molecular weight is 323 g/mol. The zero-order valence-corrected chi connectivity index (χ0v) is 13.3. The van der Waals surface area contributed by atoms with E-state index in [0.29, 0.717) is 11.1 Å². The van der Waals surface area contributed by atoms with Gasteiger partial charge < -0.3 is 19.6 Å². The quantitative estimate of drug-likeness (QED) is 0.895. The van der Waals surface area contributed by atoms with Gasteiger partial charge in [0.1, 0.15) is 28.3 Å². The number of rotatable bonds is 3. The molecule has 1 aromatic carbocycles. The molecule has 6 nitrogen and oxygen atoms in total. The number of halogens is 1. The summed E-state index contributed by atoms with van der Waals surface area (Å²) in [6, 6.07) is 2.99. The van der Waals surface area contributed by atoms with Gasteiger partial charge in [0, 0.05) is 5.39 Å². The maximum Gasteiger partial charge on any atom is 0.408 e. The molecule has 0 bridgehead atoms. The Morgan fingerprint density at radius 2 is 1.96 bits per heavy atom. The fourth-order valence-corrected chi connectivity index (χ4v) is 2.06. The van der Waals surface area contributed by atoms with E-state index in [1.54, 1.807) is 27.7 Å². The first-order valence-electron chi connectivity index (χ1n) is 7.02. The molecule has 1 amide bonds. The molecular formula is C16H18FNO5. The van der Waals surface area contributed by atoms with Crippen LogP contribution >= 0.6 is 0 Å². The van der Waals surface area contributed by atoms with Gasteiger partial charge in [0.05, 0.1) is 6.04 Å². The van der Waals surface area contributed by atoms with Crippen LogP contribution in [0.15, 0.2) is 22.6 Å². The Kier molecular flexibility index (Phi) is 4.31. The van der Waals surface area contributed by atoms with Gasteiger partial charge in [0.2, 0.25) is 0 Å². The second-order valence-corrected chi connectivity index (χ2v) is 6.19. The van der Waals surface area contributed by atoms with E-state index in [2.05, 4.69) is 5.32 Å². The van der Waals surface area contributed by atoms with Crippen molar-refractivity contribution in [1.82, 2.24) is 5.32 Å². The zero-order valence-electron chi connectivity index (χ0n) is 13.3. The SMILES string of the molecule is CC(NC(=O)OC(C)(C)C)c1cc2cc(F)cc(C(=O)O)c2o1. The van der Waals surface area contributed by atoms with Crippen LogP contribution < -0.4 is 5.32 Å². The molecule has 0 saturated carbocycles. The van der Waals surface area contributed by atoms with Crippen molar-refractivity contribution in [2.24, 2.45) is 0 Å². The van der Waals surface area contributed by atoms with Crippen LogP contribution in [0.5, 0.6) is 0 Å². The first kappa shape index (κ1) is 16.8. The summed E-state index contributed by atoms with van der Waals surface area (Å²) in [6.45, 7) is 6.86. The minimum absolute atomic E-state index is 0.0618. The smallest absolute Gasteiger partial charge is 0.408 e. The van der Waals surface area contributed by atoms with E-state index >= 15 is 0 Å². The molecule has 1 heterocycles. The number of ether oxygens (including phenoxy) is 1. The van der Waals surface area contributed by atoms with E-state index in [-0.39, 0.29) is 11.1 Å². The third-order valence-corrected chi connectivity index (χ3v) is 2.99. The fraction of sp³-hybridized carbons (Fsp3) is 0.375. The molecule has 2 N–H and O–H groups in total. The number of carbonyl (C=O) groups excluding carboxylic acids is 1. The summed E-state index contributed by atoms with van der Waals surface area (Å²) >= 11 is 0. The number of aromatic carboxylic acids is 1. The molecule has 2 aromatic rings. The van der Waals surface area contributed by atoms with E-state index in [1.807, 2.05) is 0 Å². The Morgan fingerprint density at radius 1 is 1.30 bits per heavy atom. The van der Waals surface area contributed by atoms with Crippen LogP contribution in [0, 0.1) is 5.82 Å². The normalized spacial score (nSPS) is 12.9. The van der Waals surface area contributed by atoms with E-state index in [9.17, 15) is 14.0 Å². The van der Waals surface area contributed by atoms with Crippen molar-refractivity contribution in [3.05, 3.63) is 35.3 Å². The molecule has 7 heteroatoms. The fourth-order valence-electron chi connectivity index (χ4n) is 2.06. The predicted octanol–water partition coefficient (Wildman–Crippen LogP) is 3.86. The average Bonchev–Trinajstić information content (AvgIpc) is 2.78. The third kappa shape index (κ3) is 4.00. The summed E-state index contributed by atoms with van der Waals surface area (Å²) in [4.78, 5) is 22.9. The minimum atomic E-state index is -1.29. The third-order valence-electron chi connectivity index (χ3n) is 2.99. The molecule has 0 fully saturated rings. The number of benzene rings is 1. The van der Waals surface area contributed by atoms with E-state index in [1.165, 1.54) is 12.1 Å². The standard InChI is InChI=1S/C16H18FNO5/c1-8(18-15(21)23-16(2,3)4)12-6-9-5-10(17)7-11(14(19)20)13(9)22-12/h5-8H,1-4H3,(H,18,21)(H,19,20). The number of amides is 1. The Hall–Kier alpha value is -2.57. The highest BCUT2D eigenvalue weighted by Crippen LogP contribution is 2.28. The Bertz CT molecular complexity index is 760. The van der Waals surface area contributed by atoms with Crippen molar-refractivity contribution in [1.29, 1.82) is 0 Å². The summed E-state index contributed by atoms with van der Waals surface area (Å²) < 4.78 is 24.1. The molecule has 2 rings (SSSR count). The lowest BCUT2D eigenvalue weighted by Crippen LogP contribution is -2.33. The Morgan fingerprint density at radius 3 is 2.52 bits per heavy atom. The molecule has 23 heavy (non-hydrogen) atoms. The van der Waals surface area contributed by atoms with Gasteiger partial charge in [-0.2, -0.15) is 0 Å². The van der Waals surface area contributed by atoms with Crippen LogP contribution in [0.2, 0.25) is 0 Å². The van der Waals surface area contributed by atoms with Gasteiger partial charge in [-0.05, 0) is 45.9 Å². The number of alkyl carbamates (subject to hydrolysis) is 1. The first-order chi connectivity index (χ1) is 10.6. The van der Waals surface area contributed by atoms with Gasteiger partial charge >= 0.3 is 12.1 Å². The summed E-state index contributed by atoms with van der Waals surface area (Å²) in [6.07, 6.45) is -0.630. The lowest BCUT2D eigenvalue weighted by atomic mass is 10.1. The molecule has 0 aliphatic heterocycles. The molecule has 124 valence electrons. The molecule has 0 aliphatic rings. The number of carboxylic acids is 1. The van der Waals surface area contributed by atoms with E-state index < -0.39 is 29.5 Å². The van der Waals surface area contributed by atoms with Gasteiger partial charge in [-0.1, -0.05) is 0 Å². The van der Waals surface area contributed by atoms with Gasteiger partial charge in [-0.3, -0.25) is 0 Å². The largest absolute Gasteiger partial charge is 0.478 e. The number of fused-ring (bicyclic) bond motifs is 1. The topological polar surface area (TPSA) is 88.8 Å². The van der Waals surface area contributed by atoms with Crippen molar-refractivity contribution < 1.29 is 28.2 Å². The van der Waals surface area contributed by atoms with Crippen LogP contribution in [0.1, 0.15) is 49.9 Å². The van der Waals surface area contributed by atoms with Crippen molar-refractivity contribution in [2.75, 3.05) is 0 Å². The summed E-state index contributed by atoms with van der Waals surface area (Å²) in [7, 11) is 0. The highest BCUT2D eigenvalue weighted by molar-refractivity contribution is 6.01. The highest BCUT2D eigenvalue weighted by atomic mass is 19.1. The number of hydrogen-bond acceptors (Lipinski definition) is 4. The highest BCUT2D eigenvalue weighted by Gasteiger charge is 2.22. The summed E-state index contributed by atoms with van der Waals surface area (Å²) in [5, 5.41) is 12.0. The molecule has 1 atom stereocenters. The molecule has 0 saturated heterocycles. The minimum Gasteiger partial charge on any atom is -0.478 e. The predicted molar refractivity (Wildman–Crippen MR) is 80.9 cm³/mol. The van der Waals surface area contributed by atoms with Crippen LogP contribution in [0.25, 0.3) is 11.0 Å². The monoisotopic (exact) mass is 323 g/mol. The van der Waals surface area contributed by atoms with Gasteiger partial charge in [-0.15, -0.1) is 0 Å². The van der Waals surface area contributed by atoms with Crippen LogP contribution in [-0.2, 0) is 4.74 Å². The van der Waals surface area contributed by atoms with Crippen molar-refractivity contribution >= 4 is 23.0 Å². The van der Waals surface area contributed by atoms with Crippen LogP contribution in [-0.4, -0.2) is 22.8 Å². The number of carboxylic acid groups (broad SMARTS) is 1. The first-order valence-corrected chi connectivity index (χ1v) is 7.02. The molecule has 0 aliphatic carbocycles. The van der Waals surface area contributed by atoms with Crippen LogP contribution in [0.3, 0.4) is 0 Å². The maximum atomic E-state index is 13.5. The molecule has 0 spiro atoms. The molecular weight excluding hydrogens is 305 g/mol. The zero-order chi connectivity index (χ0) is 17.4. The summed E-state index contributed by atoms with van der Waals surface area (Å²) in [5.41, 5.74) is -0.848. The lowest BCUT2D eigenvalue weighted by Gasteiger charge is -2.21. The van der Waals surface area contributed by atoms with Gasteiger partial charge in [-0.25, -0.2) is 14.0 Å². The Labute approximate surface area is 132 Å². The Balaban J connectivity index is 2.28. The number of nitrogens with one attached hydrogen (secondary N) is 1. The summed E-state index contributed by atoms with van der Waals surface area (Å²) in [5.74, 6) is -1.66. The molecule has 0 radical (unpaired) electrons.